The molecule has 1 saturated carbocycles. The third-order valence-electron chi connectivity index (χ3n) is 3.47. The van der Waals surface area contributed by atoms with Gasteiger partial charge in [0.25, 0.3) is 0 Å². The summed E-state index contributed by atoms with van der Waals surface area (Å²) in [6, 6.07) is 4.13. The van der Waals surface area contributed by atoms with Crippen LogP contribution in [0.2, 0.25) is 0 Å². The van der Waals surface area contributed by atoms with Gasteiger partial charge in [-0.1, -0.05) is 6.42 Å². The van der Waals surface area contributed by atoms with E-state index in [0.29, 0.717) is 23.8 Å². The van der Waals surface area contributed by atoms with Crippen LogP contribution in [0.5, 0.6) is 5.75 Å². The molecule has 0 aliphatic heterocycles. The van der Waals surface area contributed by atoms with Crippen molar-refractivity contribution in [2.45, 2.75) is 30.6 Å². The quantitative estimate of drug-likeness (QED) is 0.860. The number of carbonyl (C=O) groups excluding carboxylic acids is 1. The van der Waals surface area contributed by atoms with Gasteiger partial charge < -0.3 is 10.1 Å². The maximum absolute atomic E-state index is 11.9. The van der Waals surface area contributed by atoms with Gasteiger partial charge in [-0.3, -0.25) is 4.79 Å². The van der Waals surface area contributed by atoms with E-state index in [4.69, 9.17) is 9.88 Å². The molecule has 1 aliphatic rings. The predicted molar refractivity (Wildman–Crippen MR) is 75.0 cm³/mol. The second-order valence-electron chi connectivity index (χ2n) is 4.96. The normalized spacial score (nSPS) is 15.5. The van der Waals surface area contributed by atoms with Gasteiger partial charge in [0.05, 0.1) is 17.7 Å². The summed E-state index contributed by atoms with van der Waals surface area (Å²) in [5.74, 6) is 0.696. The smallest absolute Gasteiger partial charge is 0.238 e. The van der Waals surface area contributed by atoms with Crippen LogP contribution in [0.25, 0.3) is 0 Å². The summed E-state index contributed by atoms with van der Waals surface area (Å²) in [5, 5.41) is 7.77. The Kier molecular flexibility index (Phi) is 4.29. The fourth-order valence-electron chi connectivity index (χ4n) is 2.12. The number of nitrogens with two attached hydrogens (primary N) is 1. The second kappa shape index (κ2) is 5.80. The van der Waals surface area contributed by atoms with Crippen LogP contribution in [0.4, 0.5) is 5.69 Å². The van der Waals surface area contributed by atoms with Gasteiger partial charge in [0.15, 0.2) is 0 Å². The van der Waals surface area contributed by atoms with E-state index in [1.165, 1.54) is 31.7 Å². The van der Waals surface area contributed by atoms with Gasteiger partial charge in [0.2, 0.25) is 15.9 Å². The van der Waals surface area contributed by atoms with E-state index >= 15 is 0 Å². The average molecular weight is 298 g/mol. The highest BCUT2D eigenvalue weighted by atomic mass is 32.2. The fourth-order valence-corrected chi connectivity index (χ4v) is 2.66. The number of benzene rings is 1. The van der Waals surface area contributed by atoms with Crippen molar-refractivity contribution in [1.29, 1.82) is 0 Å². The highest BCUT2D eigenvalue weighted by Crippen LogP contribution is 2.31. The average Bonchev–Trinajstić information content (AvgIpc) is 2.33. The van der Waals surface area contributed by atoms with Crippen molar-refractivity contribution in [1.82, 2.24) is 0 Å². The number of hydrogen-bond donors (Lipinski definition) is 2. The molecule has 20 heavy (non-hydrogen) atoms. The van der Waals surface area contributed by atoms with Crippen molar-refractivity contribution in [3.8, 4) is 5.75 Å². The monoisotopic (exact) mass is 298 g/mol. The molecule has 1 aliphatic carbocycles. The first-order chi connectivity index (χ1) is 9.40. The van der Waals surface area contributed by atoms with E-state index in [9.17, 15) is 13.2 Å². The van der Waals surface area contributed by atoms with Crippen molar-refractivity contribution >= 4 is 21.6 Å². The number of nitrogens with one attached hydrogen (secondary N) is 1. The lowest BCUT2D eigenvalue weighted by atomic mass is 9.83. The van der Waals surface area contributed by atoms with Gasteiger partial charge in [-0.2, -0.15) is 0 Å². The van der Waals surface area contributed by atoms with E-state index in [-0.39, 0.29) is 10.8 Å². The summed E-state index contributed by atoms with van der Waals surface area (Å²) in [5.41, 5.74) is 0.323. The van der Waals surface area contributed by atoms with E-state index in [1.807, 2.05) is 0 Å². The number of sulfonamides is 1. The minimum Gasteiger partial charge on any atom is -0.495 e. The Morgan fingerprint density at radius 2 is 2.15 bits per heavy atom. The van der Waals surface area contributed by atoms with Crippen molar-refractivity contribution in [2.75, 3.05) is 12.4 Å². The summed E-state index contributed by atoms with van der Waals surface area (Å²) in [7, 11) is -2.36. The molecule has 0 bridgehead atoms. The van der Waals surface area contributed by atoms with Crippen molar-refractivity contribution in [3.05, 3.63) is 18.2 Å². The molecule has 0 radical (unpaired) electrons. The SMILES string of the molecule is COc1ccc(S(N)(=O)=O)cc1NC(=O)CC1CCC1. The standard InChI is InChI=1S/C13H18N2O4S/c1-19-12-6-5-10(20(14,17)18)8-11(12)15-13(16)7-9-3-2-4-9/h5-6,8-9H,2-4,7H2,1H3,(H,15,16)(H2,14,17,18). The zero-order chi connectivity index (χ0) is 14.8. The number of hydrogen-bond acceptors (Lipinski definition) is 4. The van der Waals surface area contributed by atoms with Gasteiger partial charge in [0.1, 0.15) is 5.75 Å². The first-order valence-electron chi connectivity index (χ1n) is 6.41. The Balaban J connectivity index is 2.17. The Labute approximate surface area is 118 Å². The maximum atomic E-state index is 11.9. The van der Waals surface area contributed by atoms with Crippen LogP contribution in [-0.2, 0) is 14.8 Å². The lowest BCUT2D eigenvalue weighted by Crippen LogP contribution is -2.21. The first kappa shape index (κ1) is 14.8. The Morgan fingerprint density at radius 1 is 1.45 bits per heavy atom. The zero-order valence-electron chi connectivity index (χ0n) is 11.3. The maximum Gasteiger partial charge on any atom is 0.238 e. The Morgan fingerprint density at radius 3 is 2.65 bits per heavy atom. The molecule has 1 aromatic carbocycles. The molecule has 1 amide bonds. The van der Waals surface area contributed by atoms with Gasteiger partial charge in [-0.25, -0.2) is 13.6 Å². The van der Waals surface area contributed by atoms with Crippen LogP contribution >= 0.6 is 0 Å². The van der Waals surface area contributed by atoms with E-state index in [0.717, 1.165) is 12.8 Å². The molecular formula is C13H18N2O4S. The van der Waals surface area contributed by atoms with Crippen LogP contribution in [0.3, 0.4) is 0 Å². The third-order valence-corrected chi connectivity index (χ3v) is 4.38. The summed E-state index contributed by atoms with van der Waals surface area (Å²) in [6.45, 7) is 0. The fraction of sp³-hybridized carbons (Fsp3) is 0.462. The van der Waals surface area contributed by atoms with Crippen LogP contribution in [0.15, 0.2) is 23.1 Å². The van der Waals surface area contributed by atoms with Crippen LogP contribution in [-0.4, -0.2) is 21.4 Å². The Hall–Kier alpha value is -1.60. The predicted octanol–water partition coefficient (Wildman–Crippen LogP) is 1.47. The highest BCUT2D eigenvalue weighted by Gasteiger charge is 2.21. The molecule has 2 rings (SSSR count). The molecular weight excluding hydrogens is 280 g/mol. The van der Waals surface area contributed by atoms with Crippen LogP contribution in [0.1, 0.15) is 25.7 Å². The Bertz CT molecular complexity index is 609. The number of ether oxygens (including phenoxy) is 1. The van der Waals surface area contributed by atoms with Gasteiger partial charge >= 0.3 is 0 Å². The summed E-state index contributed by atoms with van der Waals surface area (Å²) in [4.78, 5) is 11.8. The van der Waals surface area contributed by atoms with E-state index in [1.54, 1.807) is 0 Å². The molecule has 0 aromatic heterocycles. The van der Waals surface area contributed by atoms with Crippen LogP contribution < -0.4 is 15.2 Å². The van der Waals surface area contributed by atoms with E-state index in [2.05, 4.69) is 5.32 Å². The van der Waals surface area contributed by atoms with Crippen LogP contribution in [0, 0.1) is 5.92 Å². The minimum absolute atomic E-state index is 0.0581. The lowest BCUT2D eigenvalue weighted by Gasteiger charge is -2.24. The lowest BCUT2D eigenvalue weighted by molar-refractivity contribution is -0.117. The zero-order valence-corrected chi connectivity index (χ0v) is 12.1. The molecule has 0 saturated heterocycles. The number of anilines is 1. The third kappa shape index (κ3) is 3.49. The summed E-state index contributed by atoms with van der Waals surface area (Å²) in [6.07, 6.45) is 3.76. The van der Waals surface area contributed by atoms with Gasteiger partial charge in [-0.05, 0) is 37.0 Å². The molecule has 1 aromatic rings. The number of methoxy groups -OCH3 is 1. The number of amides is 1. The number of primary sulfonamides is 1. The van der Waals surface area contributed by atoms with E-state index < -0.39 is 10.0 Å². The molecule has 0 spiro atoms. The second-order valence-corrected chi connectivity index (χ2v) is 6.52. The summed E-state index contributed by atoms with van der Waals surface area (Å²) >= 11 is 0. The molecule has 0 unspecified atom stereocenters. The topological polar surface area (TPSA) is 98.5 Å². The van der Waals surface area contributed by atoms with Crippen molar-refractivity contribution < 1.29 is 17.9 Å². The molecule has 1 fully saturated rings. The first-order valence-corrected chi connectivity index (χ1v) is 7.95. The van der Waals surface area contributed by atoms with Crippen molar-refractivity contribution in [3.63, 3.8) is 0 Å². The minimum atomic E-state index is -3.81. The largest absolute Gasteiger partial charge is 0.495 e. The molecule has 0 atom stereocenters. The summed E-state index contributed by atoms with van der Waals surface area (Å²) < 4.78 is 27.8. The van der Waals surface area contributed by atoms with Gasteiger partial charge in [-0.15, -0.1) is 0 Å². The molecule has 0 heterocycles. The molecule has 6 nitrogen and oxygen atoms in total. The highest BCUT2D eigenvalue weighted by molar-refractivity contribution is 7.89. The molecule has 7 heteroatoms. The molecule has 3 N–H and O–H groups in total. The van der Waals surface area contributed by atoms with Crippen molar-refractivity contribution in [2.24, 2.45) is 11.1 Å². The number of rotatable bonds is 5. The number of carbonyl (C=O) groups is 1. The van der Waals surface area contributed by atoms with Gasteiger partial charge in [0, 0.05) is 6.42 Å². The molecule has 110 valence electrons.